The van der Waals surface area contributed by atoms with Gasteiger partial charge in [-0.2, -0.15) is 0 Å². The van der Waals surface area contributed by atoms with Gasteiger partial charge in [-0.25, -0.2) is 0 Å². The third kappa shape index (κ3) is 1.36. The van der Waals surface area contributed by atoms with Crippen molar-refractivity contribution >= 4 is 5.78 Å². The Kier molecular flexibility index (Phi) is 2.20. The zero-order valence-electron chi connectivity index (χ0n) is 6.42. The second kappa shape index (κ2) is 3.14. The van der Waals surface area contributed by atoms with Crippen molar-refractivity contribution in [3.63, 3.8) is 0 Å². The number of hydrogen-bond acceptors (Lipinski definition) is 4. The number of nitrogens with one attached hydrogen (secondary N) is 1. The molecule has 1 N–H and O–H groups in total. The third-order valence-electron chi connectivity index (χ3n) is 1.31. The van der Waals surface area contributed by atoms with Crippen molar-refractivity contribution in [2.45, 2.75) is 13.3 Å². The molecule has 0 spiro atoms. The summed E-state index contributed by atoms with van der Waals surface area (Å²) in [4.78, 5) is 11.1. The lowest BCUT2D eigenvalue weighted by Gasteiger charge is -1.94. The van der Waals surface area contributed by atoms with E-state index in [1.165, 1.54) is 7.11 Å². The van der Waals surface area contributed by atoms with Gasteiger partial charge >= 0.3 is 0 Å². The van der Waals surface area contributed by atoms with Crippen LogP contribution in [0.1, 0.15) is 23.8 Å². The lowest BCUT2D eigenvalue weighted by atomic mass is 10.2. The van der Waals surface area contributed by atoms with Crippen LogP contribution in [0, 0.1) is 0 Å². The van der Waals surface area contributed by atoms with Gasteiger partial charge in [0.05, 0.1) is 7.11 Å². The van der Waals surface area contributed by atoms with E-state index in [9.17, 15) is 4.79 Å². The molecule has 0 saturated heterocycles. The maximum atomic E-state index is 11.1. The molecule has 1 aromatic heterocycles. The highest BCUT2D eigenvalue weighted by Crippen LogP contribution is 2.11. The fraction of sp³-hybridized carbons (Fsp3) is 0.500. The summed E-state index contributed by atoms with van der Waals surface area (Å²) in [7, 11) is 1.45. The van der Waals surface area contributed by atoms with E-state index in [1.54, 1.807) is 6.92 Å². The van der Waals surface area contributed by atoms with Crippen molar-refractivity contribution in [2.24, 2.45) is 0 Å². The van der Waals surface area contributed by atoms with E-state index in [-0.39, 0.29) is 11.7 Å². The summed E-state index contributed by atoms with van der Waals surface area (Å²) in [6, 6.07) is 0. The van der Waals surface area contributed by atoms with Crippen molar-refractivity contribution in [3.8, 4) is 5.88 Å². The number of H-pyrrole nitrogens is 1. The SMILES string of the molecule is CCC(=O)c1[nH]nnc1OC. The van der Waals surface area contributed by atoms with Crippen molar-refractivity contribution in [2.75, 3.05) is 7.11 Å². The standard InChI is InChI=1S/C6H9N3O2/c1-3-4(10)5-6(11-2)8-9-7-5/h3H2,1-2H3,(H,7,8,9). The van der Waals surface area contributed by atoms with E-state index in [0.29, 0.717) is 12.1 Å². The lowest BCUT2D eigenvalue weighted by molar-refractivity contribution is 0.0980. The minimum Gasteiger partial charge on any atom is -0.478 e. The number of Topliss-reactive ketones (excluding diaryl/α,β-unsaturated/α-hetero) is 1. The Morgan fingerprint density at radius 2 is 2.45 bits per heavy atom. The van der Waals surface area contributed by atoms with Crippen LogP contribution in [0.2, 0.25) is 0 Å². The molecule has 0 unspecified atom stereocenters. The first-order valence-corrected chi connectivity index (χ1v) is 3.27. The Balaban J connectivity index is 2.92. The number of rotatable bonds is 3. The van der Waals surface area contributed by atoms with Crippen LogP contribution in [0.25, 0.3) is 0 Å². The summed E-state index contributed by atoms with van der Waals surface area (Å²) in [6.07, 6.45) is 0.417. The molecule has 0 aromatic carbocycles. The molecule has 0 saturated carbocycles. The quantitative estimate of drug-likeness (QED) is 0.642. The van der Waals surface area contributed by atoms with Crippen LogP contribution in [-0.2, 0) is 0 Å². The van der Waals surface area contributed by atoms with Crippen LogP contribution in [0.4, 0.5) is 0 Å². The average molecular weight is 155 g/mol. The summed E-state index contributed by atoms with van der Waals surface area (Å²) in [5, 5.41) is 9.47. The fourth-order valence-corrected chi connectivity index (χ4v) is 0.720. The Hall–Kier alpha value is -1.39. The Labute approximate surface area is 63.8 Å². The minimum absolute atomic E-state index is 0.0492. The Morgan fingerprint density at radius 3 is 3.00 bits per heavy atom. The van der Waals surface area contributed by atoms with Crippen LogP contribution in [0.15, 0.2) is 0 Å². The number of ketones is 1. The van der Waals surface area contributed by atoms with Gasteiger partial charge in [-0.05, 0) is 0 Å². The monoisotopic (exact) mass is 155 g/mol. The summed E-state index contributed by atoms with van der Waals surface area (Å²) in [6.45, 7) is 1.77. The van der Waals surface area contributed by atoms with Crippen LogP contribution in [0.3, 0.4) is 0 Å². The second-order valence-electron chi connectivity index (χ2n) is 1.97. The number of carbonyl (C=O) groups is 1. The molecule has 0 fully saturated rings. The van der Waals surface area contributed by atoms with Crippen molar-refractivity contribution in [3.05, 3.63) is 5.69 Å². The molecule has 0 aliphatic carbocycles. The zero-order chi connectivity index (χ0) is 8.27. The number of methoxy groups -OCH3 is 1. The van der Waals surface area contributed by atoms with Gasteiger partial charge in [-0.3, -0.25) is 9.89 Å². The van der Waals surface area contributed by atoms with Crippen molar-refractivity contribution in [1.29, 1.82) is 0 Å². The van der Waals surface area contributed by atoms with E-state index in [0.717, 1.165) is 0 Å². The fourth-order valence-electron chi connectivity index (χ4n) is 0.720. The number of ether oxygens (including phenoxy) is 1. The highest BCUT2D eigenvalue weighted by atomic mass is 16.5. The number of aromatic amines is 1. The maximum absolute atomic E-state index is 11.1. The molecule has 0 radical (unpaired) electrons. The third-order valence-corrected chi connectivity index (χ3v) is 1.31. The van der Waals surface area contributed by atoms with E-state index >= 15 is 0 Å². The normalized spacial score (nSPS) is 9.64. The number of aromatic nitrogens is 3. The summed E-state index contributed by atoms with van der Waals surface area (Å²) in [5.74, 6) is 0.212. The first-order chi connectivity index (χ1) is 5.29. The largest absolute Gasteiger partial charge is 0.478 e. The minimum atomic E-state index is -0.0492. The van der Waals surface area contributed by atoms with Gasteiger partial charge in [0.1, 0.15) is 0 Å². The van der Waals surface area contributed by atoms with Crippen LogP contribution < -0.4 is 4.74 Å². The van der Waals surface area contributed by atoms with Gasteiger partial charge in [-0.1, -0.05) is 17.2 Å². The second-order valence-corrected chi connectivity index (χ2v) is 1.97. The molecule has 11 heavy (non-hydrogen) atoms. The topological polar surface area (TPSA) is 67.9 Å². The van der Waals surface area contributed by atoms with Gasteiger partial charge in [0, 0.05) is 6.42 Å². The van der Waals surface area contributed by atoms with E-state index in [1.807, 2.05) is 0 Å². The highest BCUT2D eigenvalue weighted by Gasteiger charge is 2.13. The first-order valence-electron chi connectivity index (χ1n) is 3.27. The molecule has 5 nitrogen and oxygen atoms in total. The molecular weight excluding hydrogens is 146 g/mol. The molecule has 0 aliphatic heterocycles. The Bertz CT molecular complexity index is 256. The predicted octanol–water partition coefficient (Wildman–Crippen LogP) is 0.406. The van der Waals surface area contributed by atoms with Crippen LogP contribution >= 0.6 is 0 Å². The molecule has 0 aliphatic rings. The van der Waals surface area contributed by atoms with E-state index < -0.39 is 0 Å². The van der Waals surface area contributed by atoms with Gasteiger partial charge in [-0.15, -0.1) is 0 Å². The maximum Gasteiger partial charge on any atom is 0.264 e. The molecule has 0 amide bonds. The van der Waals surface area contributed by atoms with Gasteiger partial charge < -0.3 is 4.74 Å². The molecule has 5 heteroatoms. The van der Waals surface area contributed by atoms with E-state index in [2.05, 4.69) is 15.4 Å². The predicted molar refractivity (Wildman–Crippen MR) is 37.6 cm³/mol. The average Bonchev–Trinajstić information content (AvgIpc) is 2.50. The first kappa shape index (κ1) is 7.71. The molecule has 1 rings (SSSR count). The summed E-state index contributed by atoms with van der Waals surface area (Å²) in [5.41, 5.74) is 0.343. The summed E-state index contributed by atoms with van der Waals surface area (Å²) >= 11 is 0. The molecular formula is C6H9N3O2. The molecule has 60 valence electrons. The molecule has 1 aromatic rings. The van der Waals surface area contributed by atoms with Gasteiger partial charge in [0.2, 0.25) is 0 Å². The molecule has 1 heterocycles. The van der Waals surface area contributed by atoms with Crippen LogP contribution in [0.5, 0.6) is 5.88 Å². The smallest absolute Gasteiger partial charge is 0.264 e. The number of nitrogens with zero attached hydrogens (tertiary/aromatic N) is 2. The van der Waals surface area contributed by atoms with Crippen molar-refractivity contribution in [1.82, 2.24) is 15.4 Å². The highest BCUT2D eigenvalue weighted by molar-refractivity contribution is 5.95. The summed E-state index contributed by atoms with van der Waals surface area (Å²) < 4.78 is 4.78. The number of carbonyl (C=O) groups excluding carboxylic acids is 1. The Morgan fingerprint density at radius 1 is 1.73 bits per heavy atom. The number of hydrogen-bond donors (Lipinski definition) is 1. The van der Waals surface area contributed by atoms with Gasteiger partial charge in [0.15, 0.2) is 11.5 Å². The lowest BCUT2D eigenvalue weighted by Crippen LogP contribution is -1.99. The molecule has 0 atom stereocenters. The van der Waals surface area contributed by atoms with E-state index in [4.69, 9.17) is 4.74 Å². The zero-order valence-corrected chi connectivity index (χ0v) is 6.42. The molecule has 0 bridgehead atoms. The van der Waals surface area contributed by atoms with Crippen molar-refractivity contribution < 1.29 is 9.53 Å². The van der Waals surface area contributed by atoms with Crippen LogP contribution in [-0.4, -0.2) is 28.3 Å². The van der Waals surface area contributed by atoms with Gasteiger partial charge in [0.25, 0.3) is 5.88 Å².